The van der Waals surface area contributed by atoms with Crippen molar-refractivity contribution >= 4 is 41.9 Å². The van der Waals surface area contributed by atoms with E-state index in [4.69, 9.17) is 0 Å². The number of hydrogen-bond acceptors (Lipinski definition) is 5. The van der Waals surface area contributed by atoms with E-state index in [-0.39, 0.29) is 24.4 Å². The molecule has 8 nitrogen and oxygen atoms in total. The molecule has 0 aromatic heterocycles. The number of aliphatic imine (C=N–C) groups is 2. The molecule has 1 fully saturated rings. The van der Waals surface area contributed by atoms with Gasteiger partial charge in [-0.1, -0.05) is 18.7 Å². The Balaban J connectivity index is 1.65. The van der Waals surface area contributed by atoms with Crippen molar-refractivity contribution in [1.29, 1.82) is 0 Å². The first-order valence-electron chi connectivity index (χ1n) is 10.7. The molecule has 0 radical (unpaired) electrons. The van der Waals surface area contributed by atoms with E-state index in [9.17, 15) is 14.4 Å². The van der Waals surface area contributed by atoms with E-state index in [1.165, 1.54) is 6.34 Å². The number of likely N-dealkylation sites (N-methyl/N-ethyl adjacent to an activating group) is 1. The minimum Gasteiger partial charge on any atom is -0.357 e. The molecule has 1 saturated carbocycles. The Labute approximate surface area is 188 Å². The smallest absolute Gasteiger partial charge is 0.270 e. The Bertz CT molecular complexity index is 974. The molecule has 2 amide bonds. The molecule has 32 heavy (non-hydrogen) atoms. The van der Waals surface area contributed by atoms with Gasteiger partial charge in [-0.2, -0.15) is 0 Å². The first-order chi connectivity index (χ1) is 15.4. The molecule has 0 bridgehead atoms. The van der Waals surface area contributed by atoms with Crippen LogP contribution in [0, 0.1) is 0 Å². The Morgan fingerprint density at radius 3 is 2.62 bits per heavy atom. The number of amides is 2. The standard InChI is InChI=1S/C24H29N5O3/c1-17(13-26-16-25-2)18-6-8-20(9-7-18)27-22(31)14-29-12-4-5-19(15-30)23(29)24(32)28(3)21-10-11-21/h6-9,13,15-16,21H,1,4-5,10-12,14H2,2-3H3,(H,27,31). The van der Waals surface area contributed by atoms with Crippen molar-refractivity contribution < 1.29 is 14.4 Å². The van der Waals surface area contributed by atoms with Crippen molar-refractivity contribution in [3.63, 3.8) is 0 Å². The largest absolute Gasteiger partial charge is 0.357 e. The van der Waals surface area contributed by atoms with Crippen molar-refractivity contribution in [1.82, 2.24) is 9.80 Å². The van der Waals surface area contributed by atoms with Gasteiger partial charge in [0, 0.05) is 44.2 Å². The van der Waals surface area contributed by atoms with Crippen LogP contribution in [0.3, 0.4) is 0 Å². The zero-order chi connectivity index (χ0) is 23.1. The normalized spacial score (nSPS) is 16.5. The van der Waals surface area contributed by atoms with Gasteiger partial charge in [0.25, 0.3) is 5.91 Å². The molecule has 1 N–H and O–H groups in total. The summed E-state index contributed by atoms with van der Waals surface area (Å²) in [5.41, 5.74) is 3.07. The van der Waals surface area contributed by atoms with Crippen molar-refractivity contribution in [3.8, 4) is 0 Å². The molecule has 1 aromatic rings. The number of carbonyl (C=O) groups is 3. The van der Waals surface area contributed by atoms with Crippen LogP contribution >= 0.6 is 0 Å². The van der Waals surface area contributed by atoms with Crippen molar-refractivity contribution in [3.05, 3.63) is 47.7 Å². The lowest BCUT2D eigenvalue weighted by atomic mass is 10.0. The highest BCUT2D eigenvalue weighted by molar-refractivity contribution is 6.10. The summed E-state index contributed by atoms with van der Waals surface area (Å²) >= 11 is 0. The van der Waals surface area contributed by atoms with Gasteiger partial charge in [0.1, 0.15) is 18.3 Å². The summed E-state index contributed by atoms with van der Waals surface area (Å²) in [6.45, 7) is 4.53. The summed E-state index contributed by atoms with van der Waals surface area (Å²) in [4.78, 5) is 48.5. The molecule has 3 rings (SSSR count). The minimum atomic E-state index is -0.246. The highest BCUT2D eigenvalue weighted by Gasteiger charge is 2.35. The summed E-state index contributed by atoms with van der Waals surface area (Å²) in [5.74, 6) is -0.427. The van der Waals surface area contributed by atoms with Crippen LogP contribution in [0.15, 0.2) is 52.1 Å². The molecule has 0 spiro atoms. The zero-order valence-electron chi connectivity index (χ0n) is 18.6. The summed E-state index contributed by atoms with van der Waals surface area (Å²) in [5, 5.41) is 2.86. The van der Waals surface area contributed by atoms with Crippen LogP contribution in [-0.4, -0.2) is 73.7 Å². The fraction of sp³-hybridized carbons (Fsp3) is 0.375. The van der Waals surface area contributed by atoms with Crippen LogP contribution in [0.1, 0.15) is 31.2 Å². The first-order valence-corrected chi connectivity index (χ1v) is 10.7. The molecular weight excluding hydrogens is 406 g/mol. The molecule has 8 heteroatoms. The minimum absolute atomic E-state index is 0.00832. The molecule has 2 aliphatic rings. The van der Waals surface area contributed by atoms with E-state index < -0.39 is 0 Å². The van der Waals surface area contributed by atoms with Gasteiger partial charge in [0.15, 0.2) is 0 Å². The number of nitrogens with one attached hydrogen (secondary N) is 1. The van der Waals surface area contributed by atoms with Crippen LogP contribution < -0.4 is 5.32 Å². The number of aldehydes is 1. The molecule has 0 atom stereocenters. The van der Waals surface area contributed by atoms with Gasteiger partial charge in [-0.15, -0.1) is 0 Å². The van der Waals surface area contributed by atoms with Crippen molar-refractivity contribution in [2.75, 3.05) is 32.5 Å². The second kappa shape index (κ2) is 10.7. The maximum Gasteiger partial charge on any atom is 0.270 e. The van der Waals surface area contributed by atoms with Crippen LogP contribution in [0.4, 0.5) is 5.69 Å². The number of nitrogens with zero attached hydrogens (tertiary/aromatic N) is 4. The average molecular weight is 436 g/mol. The first kappa shape index (κ1) is 23.1. The van der Waals surface area contributed by atoms with E-state index in [2.05, 4.69) is 21.9 Å². The van der Waals surface area contributed by atoms with Crippen LogP contribution in [0.2, 0.25) is 0 Å². The molecule has 1 aromatic carbocycles. The Morgan fingerprint density at radius 2 is 2.00 bits per heavy atom. The van der Waals surface area contributed by atoms with Gasteiger partial charge in [-0.05, 0) is 49.0 Å². The van der Waals surface area contributed by atoms with E-state index >= 15 is 0 Å². The number of benzene rings is 1. The predicted octanol–water partition coefficient (Wildman–Crippen LogP) is 2.54. The van der Waals surface area contributed by atoms with E-state index in [1.807, 2.05) is 12.1 Å². The molecule has 168 valence electrons. The number of allylic oxidation sites excluding steroid dienone is 2. The number of rotatable bonds is 9. The second-order valence-electron chi connectivity index (χ2n) is 7.97. The molecule has 1 aliphatic heterocycles. The lowest BCUT2D eigenvalue weighted by Gasteiger charge is -2.33. The second-order valence-corrected chi connectivity index (χ2v) is 7.97. The summed E-state index contributed by atoms with van der Waals surface area (Å²) < 4.78 is 0. The van der Waals surface area contributed by atoms with Crippen LogP contribution in [0.5, 0.6) is 0 Å². The van der Waals surface area contributed by atoms with Gasteiger partial charge in [0.05, 0.1) is 6.54 Å². The fourth-order valence-electron chi connectivity index (χ4n) is 3.64. The molecular formula is C24H29N5O3. The van der Waals surface area contributed by atoms with Crippen molar-refractivity contribution in [2.45, 2.75) is 31.7 Å². The topological polar surface area (TPSA) is 94.4 Å². The quantitative estimate of drug-likeness (QED) is 0.366. The molecule has 0 unspecified atom stereocenters. The predicted molar refractivity (Wildman–Crippen MR) is 127 cm³/mol. The molecule has 0 saturated heterocycles. The zero-order valence-corrected chi connectivity index (χ0v) is 18.6. The maximum atomic E-state index is 13.0. The maximum absolute atomic E-state index is 13.0. The van der Waals surface area contributed by atoms with E-state index in [1.54, 1.807) is 42.2 Å². The van der Waals surface area contributed by atoms with Gasteiger partial charge < -0.3 is 15.1 Å². The Hall–Kier alpha value is -3.55. The highest BCUT2D eigenvalue weighted by atomic mass is 16.2. The third-order valence-electron chi connectivity index (χ3n) is 5.54. The average Bonchev–Trinajstić information content (AvgIpc) is 3.64. The SMILES string of the molecule is C=C(C=NC=NC)c1ccc(NC(=O)CN2CCCC(C=O)=C2C(=O)N(C)C2CC2)cc1. The van der Waals surface area contributed by atoms with Gasteiger partial charge >= 0.3 is 0 Å². The van der Waals surface area contributed by atoms with Gasteiger partial charge in [0.2, 0.25) is 5.91 Å². The van der Waals surface area contributed by atoms with Crippen molar-refractivity contribution in [2.24, 2.45) is 9.98 Å². The molecule has 1 heterocycles. The third-order valence-corrected chi connectivity index (χ3v) is 5.54. The number of anilines is 1. The van der Waals surface area contributed by atoms with Crippen LogP contribution in [-0.2, 0) is 14.4 Å². The lowest BCUT2D eigenvalue weighted by molar-refractivity contribution is -0.129. The van der Waals surface area contributed by atoms with E-state index in [0.717, 1.165) is 36.7 Å². The monoisotopic (exact) mass is 435 g/mol. The molecule has 1 aliphatic carbocycles. The summed E-state index contributed by atoms with van der Waals surface area (Å²) in [7, 11) is 3.40. The summed E-state index contributed by atoms with van der Waals surface area (Å²) in [6, 6.07) is 7.50. The summed E-state index contributed by atoms with van der Waals surface area (Å²) in [6.07, 6.45) is 7.04. The van der Waals surface area contributed by atoms with Crippen LogP contribution in [0.25, 0.3) is 5.57 Å². The Morgan fingerprint density at radius 1 is 1.28 bits per heavy atom. The highest BCUT2D eigenvalue weighted by Crippen LogP contribution is 2.29. The lowest BCUT2D eigenvalue weighted by Crippen LogP contribution is -2.43. The Kier molecular flexibility index (Phi) is 7.70. The number of hydrogen-bond donors (Lipinski definition) is 1. The van der Waals surface area contributed by atoms with Gasteiger partial charge in [-0.3, -0.25) is 19.4 Å². The fourth-order valence-corrected chi connectivity index (χ4v) is 3.64. The van der Waals surface area contributed by atoms with Gasteiger partial charge in [-0.25, -0.2) is 4.99 Å². The van der Waals surface area contributed by atoms with E-state index in [0.29, 0.717) is 29.9 Å². The third kappa shape index (κ3) is 5.78. The number of carbonyl (C=O) groups excluding carboxylic acids is 3.